The zero-order valence-corrected chi connectivity index (χ0v) is 24.8. The number of ether oxygens (including phenoxy) is 2. The lowest BCUT2D eigenvalue weighted by Gasteiger charge is -2.36. The van der Waals surface area contributed by atoms with Crippen LogP contribution in [0.4, 0.5) is 0 Å². The Hall–Kier alpha value is -4.22. The topological polar surface area (TPSA) is 132 Å². The van der Waals surface area contributed by atoms with E-state index in [-0.39, 0.29) is 44.1 Å². The molecule has 3 N–H and O–H groups in total. The summed E-state index contributed by atoms with van der Waals surface area (Å²) >= 11 is 1.44. The van der Waals surface area contributed by atoms with Gasteiger partial charge in [-0.1, -0.05) is 84.6 Å². The van der Waals surface area contributed by atoms with Crippen LogP contribution in [0, 0.1) is 5.21 Å². The van der Waals surface area contributed by atoms with Gasteiger partial charge in [0.1, 0.15) is 0 Å². The molecule has 0 unspecified atom stereocenters. The molecule has 44 heavy (non-hydrogen) atoms. The quantitative estimate of drug-likeness (QED) is 0.111. The van der Waals surface area contributed by atoms with E-state index in [4.69, 9.17) is 14.6 Å². The average Bonchev–Trinajstić information content (AvgIpc) is 3.06. The molecule has 1 fully saturated rings. The van der Waals surface area contributed by atoms with Crippen molar-refractivity contribution in [2.45, 2.75) is 55.9 Å². The van der Waals surface area contributed by atoms with Crippen molar-refractivity contribution >= 4 is 23.6 Å². The fourth-order valence-corrected chi connectivity index (χ4v) is 5.94. The number of thioether (sulfide) groups is 1. The number of aliphatic hydroxyl groups excluding tert-OH is 1. The van der Waals surface area contributed by atoms with Crippen LogP contribution < -0.4 is 10.0 Å². The van der Waals surface area contributed by atoms with Crippen molar-refractivity contribution in [1.82, 2.24) is 5.32 Å². The van der Waals surface area contributed by atoms with E-state index in [9.17, 15) is 19.9 Å². The van der Waals surface area contributed by atoms with Gasteiger partial charge in [-0.3, -0.25) is 9.59 Å². The van der Waals surface area contributed by atoms with Crippen LogP contribution in [0.2, 0.25) is 0 Å². The number of benzene rings is 3. The number of amides is 1. The first-order chi connectivity index (χ1) is 21.4. The summed E-state index contributed by atoms with van der Waals surface area (Å²) in [6.07, 6.45) is 0.747. The number of carbonyl (C=O) groups is 2. The lowest BCUT2D eigenvalue weighted by molar-refractivity contribution is -0.645. The molecular weight excluding hydrogens is 580 g/mol. The van der Waals surface area contributed by atoms with Gasteiger partial charge in [-0.25, -0.2) is 0 Å². The van der Waals surface area contributed by atoms with Crippen molar-refractivity contribution < 1.29 is 34.0 Å². The Labute approximate surface area is 260 Å². The van der Waals surface area contributed by atoms with Gasteiger partial charge in [-0.05, 0) is 33.9 Å². The molecule has 5 rings (SSSR count). The third kappa shape index (κ3) is 8.23. The molecule has 0 aliphatic carbocycles. The number of rotatable bonds is 12. The Kier molecular flexibility index (Phi) is 10.6. The van der Waals surface area contributed by atoms with Gasteiger partial charge in [0.05, 0.1) is 25.2 Å². The highest BCUT2D eigenvalue weighted by Crippen LogP contribution is 2.39. The summed E-state index contributed by atoms with van der Waals surface area (Å²) in [4.78, 5) is 22.9. The number of nitrogens with zero attached hydrogens (tertiary/aromatic N) is 1. The van der Waals surface area contributed by atoms with E-state index in [1.165, 1.54) is 18.0 Å². The van der Waals surface area contributed by atoms with E-state index in [0.29, 0.717) is 17.2 Å². The van der Waals surface area contributed by atoms with Crippen LogP contribution in [0.3, 0.4) is 0 Å². The van der Waals surface area contributed by atoms with Crippen molar-refractivity contribution in [1.29, 1.82) is 0 Å². The SMILES string of the molecule is O=C(O)CCC(=O)NCc1ccccc1-c1ccc([C@H]2O[C@@H](CSc3cccc[n+]3[O-])C[C@@H](c3ccc(CO)cc3)O2)cc1. The van der Waals surface area contributed by atoms with Gasteiger partial charge in [0.15, 0.2) is 12.5 Å². The minimum Gasteiger partial charge on any atom is -0.618 e. The minimum absolute atomic E-state index is 0.0321. The second-order valence-corrected chi connectivity index (χ2v) is 11.5. The van der Waals surface area contributed by atoms with Crippen molar-refractivity contribution in [3.63, 3.8) is 0 Å². The van der Waals surface area contributed by atoms with Gasteiger partial charge in [0.2, 0.25) is 5.91 Å². The Bertz CT molecular complexity index is 1560. The normalized spacial score (nSPS) is 18.1. The molecule has 0 bridgehead atoms. The zero-order valence-electron chi connectivity index (χ0n) is 24.0. The molecule has 1 aromatic heterocycles. The standard InChI is InChI=1S/C34H34N2O7S/c37-21-23-8-10-25(11-9-23)30-19-28(22-44-32-7-3-4-18-36(32)41)42-34(43-30)26-14-12-24(13-15-26)29-6-2-1-5-27(29)20-35-31(38)16-17-33(39)40/h1-15,18,28,30,34,37H,16-17,19-22H2,(H,35,38)(H,39,40)/t28-,30+,34+/m1/s1. The lowest BCUT2D eigenvalue weighted by atomic mass is 9.97. The van der Waals surface area contributed by atoms with E-state index >= 15 is 0 Å². The number of aliphatic carboxylic acids is 1. The molecule has 1 saturated heterocycles. The van der Waals surface area contributed by atoms with E-state index in [1.807, 2.05) is 78.9 Å². The first-order valence-electron chi connectivity index (χ1n) is 14.4. The largest absolute Gasteiger partial charge is 0.618 e. The predicted molar refractivity (Wildman–Crippen MR) is 165 cm³/mol. The number of hydrogen-bond acceptors (Lipinski definition) is 7. The molecule has 9 nitrogen and oxygen atoms in total. The molecule has 1 amide bonds. The van der Waals surface area contributed by atoms with Crippen molar-refractivity contribution in [3.8, 4) is 11.1 Å². The van der Waals surface area contributed by atoms with Crippen LogP contribution in [-0.2, 0) is 32.2 Å². The monoisotopic (exact) mass is 614 g/mol. The molecule has 3 aromatic carbocycles. The highest BCUT2D eigenvalue weighted by Gasteiger charge is 2.32. The zero-order chi connectivity index (χ0) is 30.9. The summed E-state index contributed by atoms with van der Waals surface area (Å²) in [5, 5.41) is 33.9. The van der Waals surface area contributed by atoms with E-state index in [0.717, 1.165) is 38.1 Å². The predicted octanol–water partition coefficient (Wildman–Crippen LogP) is 5.30. The Morgan fingerprint density at radius 2 is 1.64 bits per heavy atom. The summed E-state index contributed by atoms with van der Waals surface area (Å²) in [6.45, 7) is 0.252. The number of carboxylic acid groups (broad SMARTS) is 1. The van der Waals surface area contributed by atoms with Gasteiger partial charge in [-0.15, -0.1) is 0 Å². The molecule has 2 heterocycles. The number of carbonyl (C=O) groups excluding carboxylic acids is 1. The molecular formula is C34H34N2O7S. The maximum absolute atomic E-state index is 12.2. The smallest absolute Gasteiger partial charge is 0.303 e. The average molecular weight is 615 g/mol. The number of nitrogens with one attached hydrogen (secondary N) is 1. The molecule has 0 saturated carbocycles. The molecule has 10 heteroatoms. The molecule has 228 valence electrons. The van der Waals surface area contributed by atoms with E-state index in [2.05, 4.69) is 5.32 Å². The van der Waals surface area contributed by atoms with Gasteiger partial charge in [0.25, 0.3) is 5.03 Å². The highest BCUT2D eigenvalue weighted by molar-refractivity contribution is 7.99. The molecule has 0 radical (unpaired) electrons. The maximum Gasteiger partial charge on any atom is 0.303 e. The first-order valence-corrected chi connectivity index (χ1v) is 15.4. The number of aliphatic hydroxyl groups is 1. The molecule has 1 aliphatic rings. The fraction of sp³-hybridized carbons (Fsp3) is 0.265. The Morgan fingerprint density at radius 1 is 0.909 bits per heavy atom. The summed E-state index contributed by atoms with van der Waals surface area (Å²) in [6, 6.07) is 28.7. The van der Waals surface area contributed by atoms with Gasteiger partial charge < -0.3 is 30.2 Å². The van der Waals surface area contributed by atoms with E-state index < -0.39 is 12.3 Å². The van der Waals surface area contributed by atoms with Gasteiger partial charge in [-0.2, -0.15) is 4.73 Å². The Balaban J connectivity index is 1.32. The summed E-state index contributed by atoms with van der Waals surface area (Å²) in [5.41, 5.74) is 5.47. The molecule has 0 spiro atoms. The second kappa shape index (κ2) is 15.0. The molecule has 1 aliphatic heterocycles. The van der Waals surface area contributed by atoms with Crippen molar-refractivity contribution in [3.05, 3.63) is 125 Å². The third-order valence-corrected chi connectivity index (χ3v) is 8.52. The summed E-state index contributed by atoms with van der Waals surface area (Å²) in [5.74, 6) is -0.745. The van der Waals surface area contributed by atoms with Gasteiger partial charge in [0, 0.05) is 42.8 Å². The number of pyridine rings is 1. The minimum atomic E-state index is -1.01. The Morgan fingerprint density at radius 3 is 2.36 bits per heavy atom. The second-order valence-electron chi connectivity index (χ2n) is 10.5. The highest BCUT2D eigenvalue weighted by atomic mass is 32.2. The maximum atomic E-state index is 12.2. The lowest BCUT2D eigenvalue weighted by Crippen LogP contribution is -2.32. The van der Waals surface area contributed by atoms with Crippen LogP contribution in [0.25, 0.3) is 11.1 Å². The molecule has 4 aromatic rings. The van der Waals surface area contributed by atoms with Crippen molar-refractivity contribution in [2.24, 2.45) is 0 Å². The van der Waals surface area contributed by atoms with Gasteiger partial charge >= 0.3 is 5.97 Å². The summed E-state index contributed by atoms with van der Waals surface area (Å²) < 4.78 is 13.7. The fourth-order valence-electron chi connectivity index (χ4n) is 5.00. The van der Waals surface area contributed by atoms with Crippen LogP contribution in [-0.4, -0.2) is 33.9 Å². The van der Waals surface area contributed by atoms with Crippen molar-refractivity contribution in [2.75, 3.05) is 5.75 Å². The molecule has 3 atom stereocenters. The first kappa shape index (κ1) is 31.2. The van der Waals surface area contributed by atoms with Crippen LogP contribution in [0.5, 0.6) is 0 Å². The number of carboxylic acids is 1. The van der Waals surface area contributed by atoms with E-state index in [1.54, 1.807) is 12.1 Å². The van der Waals surface area contributed by atoms with Crippen LogP contribution in [0.15, 0.2) is 102 Å². The number of aromatic nitrogens is 1. The van der Waals surface area contributed by atoms with Crippen LogP contribution in [0.1, 0.15) is 53.9 Å². The third-order valence-electron chi connectivity index (χ3n) is 7.37. The van der Waals surface area contributed by atoms with Crippen LogP contribution >= 0.6 is 11.8 Å². The summed E-state index contributed by atoms with van der Waals surface area (Å²) in [7, 11) is 0. The number of hydrogen-bond donors (Lipinski definition) is 3.